The molecule has 20 heavy (non-hydrogen) atoms. The molecule has 0 aliphatic heterocycles. The zero-order chi connectivity index (χ0) is 13.7. The number of pyridine rings is 1. The molecule has 1 fully saturated rings. The first kappa shape index (κ1) is 12.4. The third kappa shape index (κ3) is 2.24. The Kier molecular flexibility index (Phi) is 2.83. The molecule has 0 amide bonds. The first-order valence-electron chi connectivity index (χ1n) is 8.11. The van der Waals surface area contributed by atoms with E-state index in [2.05, 4.69) is 38.1 Å². The minimum atomic E-state index is 0.581. The summed E-state index contributed by atoms with van der Waals surface area (Å²) in [6, 6.07) is 9.20. The van der Waals surface area contributed by atoms with Crippen LogP contribution in [0.3, 0.4) is 0 Å². The van der Waals surface area contributed by atoms with Gasteiger partial charge in [0.2, 0.25) is 0 Å². The predicted molar refractivity (Wildman–Crippen MR) is 84.1 cm³/mol. The quantitative estimate of drug-likeness (QED) is 0.771. The van der Waals surface area contributed by atoms with Gasteiger partial charge in [0, 0.05) is 11.1 Å². The average Bonchev–Trinajstić information content (AvgIpc) is 3.14. The van der Waals surface area contributed by atoms with Crippen LogP contribution in [0, 0.1) is 11.8 Å². The number of nitrogens with zero attached hydrogens (tertiary/aromatic N) is 1. The highest BCUT2D eigenvalue weighted by atomic mass is 14.7. The summed E-state index contributed by atoms with van der Waals surface area (Å²) < 4.78 is 0. The van der Waals surface area contributed by atoms with Gasteiger partial charge in [-0.25, -0.2) is 0 Å². The van der Waals surface area contributed by atoms with Crippen molar-refractivity contribution in [1.82, 2.24) is 4.98 Å². The lowest BCUT2D eigenvalue weighted by Gasteiger charge is -2.08. The largest absolute Gasteiger partial charge is 0.253 e. The van der Waals surface area contributed by atoms with Gasteiger partial charge < -0.3 is 0 Å². The predicted octanol–water partition coefficient (Wildman–Crippen LogP) is 4.87. The van der Waals surface area contributed by atoms with Crippen molar-refractivity contribution in [1.29, 1.82) is 0 Å². The van der Waals surface area contributed by atoms with Gasteiger partial charge in [0.1, 0.15) is 0 Å². The van der Waals surface area contributed by atoms with Crippen LogP contribution in [0.1, 0.15) is 55.8 Å². The lowest BCUT2D eigenvalue weighted by Crippen LogP contribution is -2.00. The van der Waals surface area contributed by atoms with Crippen molar-refractivity contribution in [2.75, 3.05) is 0 Å². The van der Waals surface area contributed by atoms with Gasteiger partial charge in [-0.3, -0.25) is 4.98 Å². The van der Waals surface area contributed by atoms with E-state index in [0.29, 0.717) is 5.92 Å². The molecule has 0 saturated heterocycles. The zero-order valence-corrected chi connectivity index (χ0v) is 12.5. The second-order valence-electron chi connectivity index (χ2n) is 7.15. The summed E-state index contributed by atoms with van der Waals surface area (Å²) in [5.74, 6) is 2.49. The Morgan fingerprint density at radius 3 is 2.70 bits per heavy atom. The van der Waals surface area contributed by atoms with Crippen molar-refractivity contribution in [3.63, 3.8) is 0 Å². The maximum Gasteiger partial charge on any atom is 0.0708 e. The maximum absolute atomic E-state index is 4.98. The molecule has 1 saturated carbocycles. The van der Waals surface area contributed by atoms with E-state index in [1.807, 2.05) is 0 Å². The monoisotopic (exact) mass is 265 g/mol. The highest BCUT2D eigenvalue weighted by Crippen LogP contribution is 2.40. The van der Waals surface area contributed by atoms with E-state index >= 15 is 0 Å². The molecule has 1 aromatic heterocycles. The molecule has 0 unspecified atom stereocenters. The number of hydrogen-bond acceptors (Lipinski definition) is 1. The molecule has 0 N–H and O–H groups in total. The molecule has 0 radical (unpaired) electrons. The number of fused-ring (bicyclic) bond motifs is 2. The molecule has 1 heteroatoms. The van der Waals surface area contributed by atoms with Gasteiger partial charge in [-0.05, 0) is 60.3 Å². The number of aromatic nitrogens is 1. The van der Waals surface area contributed by atoms with Crippen LogP contribution in [-0.4, -0.2) is 4.98 Å². The van der Waals surface area contributed by atoms with Crippen LogP contribution in [0.25, 0.3) is 10.9 Å². The molecule has 2 aliphatic carbocycles. The fraction of sp³-hybridized carbons (Fsp3) is 0.526. The highest BCUT2D eigenvalue weighted by molar-refractivity contribution is 5.80. The van der Waals surface area contributed by atoms with E-state index in [4.69, 9.17) is 4.98 Å². The molecule has 1 heterocycles. The maximum atomic E-state index is 4.98. The summed E-state index contributed by atoms with van der Waals surface area (Å²) >= 11 is 0. The number of rotatable bonds is 3. The van der Waals surface area contributed by atoms with Crippen LogP contribution < -0.4 is 0 Å². The molecule has 0 bridgehead atoms. The van der Waals surface area contributed by atoms with Crippen LogP contribution in [-0.2, 0) is 12.8 Å². The van der Waals surface area contributed by atoms with E-state index in [9.17, 15) is 0 Å². The third-order valence-corrected chi connectivity index (χ3v) is 5.03. The Morgan fingerprint density at radius 2 is 1.95 bits per heavy atom. The van der Waals surface area contributed by atoms with Gasteiger partial charge in [-0.2, -0.15) is 0 Å². The fourth-order valence-corrected chi connectivity index (χ4v) is 3.63. The van der Waals surface area contributed by atoms with Gasteiger partial charge in [0.15, 0.2) is 0 Å². The summed E-state index contributed by atoms with van der Waals surface area (Å²) in [7, 11) is 0. The molecule has 2 aliphatic rings. The van der Waals surface area contributed by atoms with Crippen LogP contribution >= 0.6 is 0 Å². The van der Waals surface area contributed by atoms with Gasteiger partial charge in [0.05, 0.1) is 5.52 Å². The topological polar surface area (TPSA) is 12.9 Å². The van der Waals surface area contributed by atoms with Crippen LogP contribution in [0.15, 0.2) is 24.3 Å². The molecular weight excluding hydrogens is 242 g/mol. The normalized spacial score (nSPS) is 21.6. The van der Waals surface area contributed by atoms with Gasteiger partial charge in [-0.1, -0.05) is 38.8 Å². The van der Waals surface area contributed by atoms with Crippen LogP contribution in [0.5, 0.6) is 0 Å². The fourth-order valence-electron chi connectivity index (χ4n) is 3.63. The Hall–Kier alpha value is -1.37. The number of benzene rings is 1. The smallest absolute Gasteiger partial charge is 0.0708 e. The second kappa shape index (κ2) is 4.58. The minimum absolute atomic E-state index is 0.581. The third-order valence-electron chi connectivity index (χ3n) is 5.03. The molecule has 0 spiro atoms. The van der Waals surface area contributed by atoms with E-state index in [1.165, 1.54) is 59.8 Å². The molecule has 1 atom stereocenters. The van der Waals surface area contributed by atoms with Gasteiger partial charge in [0.25, 0.3) is 0 Å². The standard InChI is InChI=1S/C19H23N/c1-12(2)15-5-6-16-10-17-8-14(7-13-3-4-13)9-18(17)20-19(16)11-15/h5-6,10-14H,3-4,7-9H2,1-2H3/t14-/m1/s1. The summed E-state index contributed by atoms with van der Waals surface area (Å²) in [6.45, 7) is 4.50. The highest BCUT2D eigenvalue weighted by Gasteiger charge is 2.30. The summed E-state index contributed by atoms with van der Waals surface area (Å²) in [5, 5.41) is 1.32. The van der Waals surface area contributed by atoms with Crippen molar-refractivity contribution >= 4 is 10.9 Å². The first-order valence-corrected chi connectivity index (χ1v) is 8.11. The zero-order valence-electron chi connectivity index (χ0n) is 12.5. The van der Waals surface area contributed by atoms with Crippen LogP contribution in [0.2, 0.25) is 0 Å². The molecular formula is C19H23N. The summed E-state index contributed by atoms with van der Waals surface area (Å²) in [5.41, 5.74) is 5.49. The molecule has 4 rings (SSSR count). The van der Waals surface area contributed by atoms with Crippen LogP contribution in [0.4, 0.5) is 0 Å². The minimum Gasteiger partial charge on any atom is -0.253 e. The van der Waals surface area contributed by atoms with Crippen molar-refractivity contribution in [2.24, 2.45) is 11.8 Å². The average molecular weight is 265 g/mol. The van der Waals surface area contributed by atoms with E-state index in [1.54, 1.807) is 0 Å². The Bertz CT molecular complexity index is 652. The first-order chi connectivity index (χ1) is 9.69. The lowest BCUT2D eigenvalue weighted by atomic mass is 9.99. The molecule has 104 valence electrons. The Labute approximate surface area is 121 Å². The Morgan fingerprint density at radius 1 is 1.10 bits per heavy atom. The van der Waals surface area contributed by atoms with E-state index in [0.717, 1.165) is 11.8 Å². The van der Waals surface area contributed by atoms with Gasteiger partial charge in [-0.15, -0.1) is 0 Å². The summed E-state index contributed by atoms with van der Waals surface area (Å²) in [4.78, 5) is 4.98. The second-order valence-corrected chi connectivity index (χ2v) is 7.15. The van der Waals surface area contributed by atoms with Gasteiger partial charge >= 0.3 is 0 Å². The van der Waals surface area contributed by atoms with Crippen molar-refractivity contribution in [3.05, 3.63) is 41.1 Å². The van der Waals surface area contributed by atoms with Crippen molar-refractivity contribution in [2.45, 2.75) is 51.9 Å². The summed E-state index contributed by atoms with van der Waals surface area (Å²) in [6.07, 6.45) is 6.86. The van der Waals surface area contributed by atoms with Crippen molar-refractivity contribution < 1.29 is 0 Å². The van der Waals surface area contributed by atoms with Crippen molar-refractivity contribution in [3.8, 4) is 0 Å². The van der Waals surface area contributed by atoms with E-state index < -0.39 is 0 Å². The Balaban J connectivity index is 1.67. The molecule has 1 aromatic carbocycles. The lowest BCUT2D eigenvalue weighted by molar-refractivity contribution is 0.478. The molecule has 2 aromatic rings. The molecule has 1 nitrogen and oxygen atoms in total. The van der Waals surface area contributed by atoms with E-state index in [-0.39, 0.29) is 0 Å². The SMILES string of the molecule is CC(C)c1ccc2cc3c(nc2c1)C[C@H](CC1CC1)C3. The number of hydrogen-bond donors (Lipinski definition) is 0.